The fourth-order valence-electron chi connectivity index (χ4n) is 3.41. The summed E-state index contributed by atoms with van der Waals surface area (Å²) in [5, 5.41) is 0. The van der Waals surface area contributed by atoms with E-state index in [2.05, 4.69) is 0 Å². The molecule has 2 nitrogen and oxygen atoms in total. The van der Waals surface area contributed by atoms with Crippen molar-refractivity contribution in [2.24, 2.45) is 17.8 Å². The van der Waals surface area contributed by atoms with E-state index < -0.39 is 0 Å². The summed E-state index contributed by atoms with van der Waals surface area (Å²) < 4.78 is 5.13. The van der Waals surface area contributed by atoms with Gasteiger partial charge in [-0.2, -0.15) is 0 Å². The average Bonchev–Trinajstić information content (AvgIpc) is 2.78. The number of rotatable bonds is 5. The molecule has 2 bridgehead atoms. The maximum atomic E-state index is 11.8. The van der Waals surface area contributed by atoms with E-state index in [0.717, 1.165) is 18.3 Å². The van der Waals surface area contributed by atoms with Crippen LogP contribution in [0.5, 0.6) is 0 Å². The van der Waals surface area contributed by atoms with Gasteiger partial charge in [-0.05, 0) is 43.9 Å². The third kappa shape index (κ3) is 2.60. The van der Waals surface area contributed by atoms with Crippen LogP contribution >= 0.6 is 0 Å². The zero-order valence-electron chi connectivity index (χ0n) is 9.87. The number of ether oxygens (including phenoxy) is 1. The highest BCUT2D eigenvalue weighted by molar-refractivity contribution is 5.79. The number of hydrogen-bond donors (Lipinski definition) is 0. The lowest BCUT2D eigenvalue weighted by molar-refractivity contribution is -0.122. The number of methoxy groups -OCH3 is 1. The Morgan fingerprint density at radius 2 is 2.20 bits per heavy atom. The standard InChI is InChI=1S/C13H22O2/c1-9(15-2)5-13(14)8-12-7-10-3-4-11(12)6-10/h9-12H,3-8H2,1-2H3. The summed E-state index contributed by atoms with van der Waals surface area (Å²) in [5.41, 5.74) is 0. The molecule has 2 rings (SSSR count). The van der Waals surface area contributed by atoms with Gasteiger partial charge in [-0.25, -0.2) is 0 Å². The van der Waals surface area contributed by atoms with Crippen LogP contribution in [0.15, 0.2) is 0 Å². The van der Waals surface area contributed by atoms with Crippen molar-refractivity contribution in [3.8, 4) is 0 Å². The van der Waals surface area contributed by atoms with Crippen LogP contribution in [0.25, 0.3) is 0 Å². The first kappa shape index (κ1) is 11.1. The summed E-state index contributed by atoms with van der Waals surface area (Å²) in [7, 11) is 1.68. The molecule has 2 aliphatic carbocycles. The number of ketones is 1. The highest BCUT2D eigenvalue weighted by Gasteiger charge is 2.39. The molecule has 0 N–H and O–H groups in total. The molecular weight excluding hydrogens is 188 g/mol. The molecule has 0 aromatic heterocycles. The molecule has 0 saturated heterocycles. The fraction of sp³-hybridized carbons (Fsp3) is 0.923. The lowest BCUT2D eigenvalue weighted by atomic mass is 9.84. The summed E-state index contributed by atoms with van der Waals surface area (Å²) in [4.78, 5) is 11.8. The summed E-state index contributed by atoms with van der Waals surface area (Å²) in [5.74, 6) is 2.94. The minimum atomic E-state index is 0.0936. The van der Waals surface area contributed by atoms with Crippen molar-refractivity contribution in [1.29, 1.82) is 0 Å². The van der Waals surface area contributed by atoms with Crippen molar-refractivity contribution in [3.63, 3.8) is 0 Å². The van der Waals surface area contributed by atoms with Crippen LogP contribution in [0, 0.1) is 17.8 Å². The number of carbonyl (C=O) groups is 1. The van der Waals surface area contributed by atoms with E-state index in [9.17, 15) is 4.79 Å². The van der Waals surface area contributed by atoms with Crippen LogP contribution in [0.1, 0.15) is 45.4 Å². The largest absolute Gasteiger partial charge is 0.381 e. The first-order valence-electron chi connectivity index (χ1n) is 6.23. The Labute approximate surface area is 92.4 Å². The van der Waals surface area contributed by atoms with Crippen molar-refractivity contribution in [2.75, 3.05) is 7.11 Å². The van der Waals surface area contributed by atoms with E-state index >= 15 is 0 Å². The number of carbonyl (C=O) groups excluding carboxylic acids is 1. The molecule has 0 spiro atoms. The van der Waals surface area contributed by atoms with Crippen molar-refractivity contribution < 1.29 is 9.53 Å². The molecule has 0 aliphatic heterocycles. The van der Waals surface area contributed by atoms with Gasteiger partial charge in [0.15, 0.2) is 0 Å². The maximum Gasteiger partial charge on any atom is 0.135 e. The molecule has 0 aromatic carbocycles. The third-order valence-corrected chi connectivity index (χ3v) is 4.29. The second-order valence-electron chi connectivity index (χ2n) is 5.43. The van der Waals surface area contributed by atoms with Gasteiger partial charge >= 0.3 is 0 Å². The highest BCUT2D eigenvalue weighted by Crippen LogP contribution is 2.49. The van der Waals surface area contributed by atoms with E-state index in [1.165, 1.54) is 25.7 Å². The molecule has 2 saturated carbocycles. The number of fused-ring (bicyclic) bond motifs is 2. The molecule has 2 heteroatoms. The molecule has 0 heterocycles. The fourth-order valence-corrected chi connectivity index (χ4v) is 3.41. The van der Waals surface area contributed by atoms with Gasteiger partial charge in [0, 0.05) is 20.0 Å². The van der Waals surface area contributed by atoms with Crippen LogP contribution < -0.4 is 0 Å². The second kappa shape index (κ2) is 4.65. The quantitative estimate of drug-likeness (QED) is 0.697. The molecule has 2 fully saturated rings. The van der Waals surface area contributed by atoms with E-state index in [1.807, 2.05) is 6.92 Å². The summed E-state index contributed by atoms with van der Waals surface area (Å²) in [6.07, 6.45) is 7.03. The predicted octanol–water partition coefficient (Wildman–Crippen LogP) is 2.81. The van der Waals surface area contributed by atoms with Crippen molar-refractivity contribution >= 4 is 5.78 Å². The van der Waals surface area contributed by atoms with Crippen molar-refractivity contribution in [2.45, 2.75) is 51.6 Å². The summed E-state index contributed by atoms with van der Waals surface area (Å²) in [6, 6.07) is 0. The SMILES string of the molecule is COC(C)CC(=O)CC1CC2CCC1C2. The highest BCUT2D eigenvalue weighted by atomic mass is 16.5. The third-order valence-electron chi connectivity index (χ3n) is 4.29. The van der Waals surface area contributed by atoms with E-state index in [1.54, 1.807) is 7.11 Å². The Kier molecular flexibility index (Phi) is 3.45. The first-order valence-corrected chi connectivity index (χ1v) is 6.23. The van der Waals surface area contributed by atoms with E-state index in [0.29, 0.717) is 18.1 Å². The summed E-state index contributed by atoms with van der Waals surface area (Å²) >= 11 is 0. The van der Waals surface area contributed by atoms with Crippen LogP contribution in [0.2, 0.25) is 0 Å². The van der Waals surface area contributed by atoms with Crippen LogP contribution in [-0.4, -0.2) is 19.0 Å². The van der Waals surface area contributed by atoms with Gasteiger partial charge in [-0.1, -0.05) is 6.42 Å². The number of hydrogen-bond acceptors (Lipinski definition) is 2. The van der Waals surface area contributed by atoms with Crippen molar-refractivity contribution in [3.05, 3.63) is 0 Å². The minimum Gasteiger partial charge on any atom is -0.381 e. The lowest BCUT2D eigenvalue weighted by Gasteiger charge is -2.21. The van der Waals surface area contributed by atoms with Gasteiger partial charge in [0.05, 0.1) is 6.10 Å². The maximum absolute atomic E-state index is 11.8. The van der Waals surface area contributed by atoms with Gasteiger partial charge < -0.3 is 4.74 Å². The zero-order chi connectivity index (χ0) is 10.8. The Bertz CT molecular complexity index is 237. The average molecular weight is 210 g/mol. The van der Waals surface area contributed by atoms with Gasteiger partial charge in [0.2, 0.25) is 0 Å². The Morgan fingerprint density at radius 1 is 1.40 bits per heavy atom. The van der Waals surface area contributed by atoms with Crippen LogP contribution in [0.4, 0.5) is 0 Å². The zero-order valence-corrected chi connectivity index (χ0v) is 9.87. The van der Waals surface area contributed by atoms with E-state index in [-0.39, 0.29) is 6.10 Å². The molecule has 0 radical (unpaired) electrons. The number of Topliss-reactive ketones (excluding diaryl/α,β-unsaturated/α-hetero) is 1. The Morgan fingerprint density at radius 3 is 2.73 bits per heavy atom. The van der Waals surface area contributed by atoms with Gasteiger partial charge in [0.1, 0.15) is 5.78 Å². The molecule has 86 valence electrons. The summed E-state index contributed by atoms with van der Waals surface area (Å²) in [6.45, 7) is 1.97. The second-order valence-corrected chi connectivity index (χ2v) is 5.43. The van der Waals surface area contributed by atoms with E-state index in [4.69, 9.17) is 4.74 Å². The van der Waals surface area contributed by atoms with Gasteiger partial charge in [-0.15, -0.1) is 0 Å². The smallest absolute Gasteiger partial charge is 0.135 e. The Hall–Kier alpha value is -0.370. The predicted molar refractivity (Wildman–Crippen MR) is 59.7 cm³/mol. The van der Waals surface area contributed by atoms with Crippen LogP contribution in [-0.2, 0) is 9.53 Å². The van der Waals surface area contributed by atoms with Gasteiger partial charge in [0.25, 0.3) is 0 Å². The normalized spacial score (nSPS) is 35.7. The minimum absolute atomic E-state index is 0.0936. The molecule has 0 amide bonds. The molecule has 4 atom stereocenters. The topological polar surface area (TPSA) is 26.3 Å². The molecular formula is C13H22O2. The molecule has 15 heavy (non-hydrogen) atoms. The lowest BCUT2D eigenvalue weighted by Crippen LogP contribution is -2.18. The Balaban J connectivity index is 1.75. The van der Waals surface area contributed by atoms with Crippen LogP contribution in [0.3, 0.4) is 0 Å². The van der Waals surface area contributed by atoms with Gasteiger partial charge in [-0.3, -0.25) is 4.79 Å². The monoisotopic (exact) mass is 210 g/mol. The molecule has 2 aliphatic rings. The molecule has 0 aromatic rings. The van der Waals surface area contributed by atoms with Crippen molar-refractivity contribution in [1.82, 2.24) is 0 Å². The molecule has 4 unspecified atom stereocenters. The first-order chi connectivity index (χ1) is 7.19.